The van der Waals surface area contributed by atoms with Crippen molar-refractivity contribution in [2.45, 2.75) is 11.4 Å². The van der Waals surface area contributed by atoms with Crippen LogP contribution in [-0.4, -0.2) is 11.1 Å². The van der Waals surface area contributed by atoms with E-state index >= 15 is 0 Å². The van der Waals surface area contributed by atoms with Crippen molar-refractivity contribution in [3.63, 3.8) is 0 Å². The van der Waals surface area contributed by atoms with Crippen LogP contribution in [0.1, 0.15) is 21.5 Å². The van der Waals surface area contributed by atoms with E-state index in [1.807, 2.05) is 19.1 Å². The van der Waals surface area contributed by atoms with Gasteiger partial charge in [-0.25, -0.2) is 4.79 Å². The highest BCUT2D eigenvalue weighted by Gasteiger charge is 2.05. The van der Waals surface area contributed by atoms with Crippen LogP contribution in [-0.2, 0) is 4.43 Å². The van der Waals surface area contributed by atoms with E-state index in [-0.39, 0.29) is 0 Å². The van der Waals surface area contributed by atoms with Gasteiger partial charge in [-0.05, 0) is 24.1 Å². The average Bonchev–Trinajstić information content (AvgIpc) is 2.03. The Labute approximate surface area is 84.7 Å². The zero-order valence-electron chi connectivity index (χ0n) is 6.67. The Morgan fingerprint density at radius 2 is 2.25 bits per heavy atom. The molecule has 0 saturated carbocycles. The summed E-state index contributed by atoms with van der Waals surface area (Å²) >= 11 is 2.25. The minimum atomic E-state index is -0.854. The summed E-state index contributed by atoms with van der Waals surface area (Å²) in [4.78, 5) is 10.6. The number of hydrogen-bond acceptors (Lipinski definition) is 1. The molecule has 12 heavy (non-hydrogen) atoms. The summed E-state index contributed by atoms with van der Waals surface area (Å²) in [6.07, 6.45) is 0. The molecule has 0 aliphatic carbocycles. The van der Waals surface area contributed by atoms with Crippen LogP contribution in [0.4, 0.5) is 0 Å². The topological polar surface area (TPSA) is 37.3 Å². The maximum absolute atomic E-state index is 10.6. The van der Waals surface area contributed by atoms with E-state index in [0.717, 1.165) is 15.6 Å². The SMILES string of the molecule is Cc1cc(CI)ccc1C(=O)O. The Morgan fingerprint density at radius 3 is 2.67 bits per heavy atom. The van der Waals surface area contributed by atoms with Gasteiger partial charge in [0.1, 0.15) is 0 Å². The molecular weight excluding hydrogens is 267 g/mol. The van der Waals surface area contributed by atoms with Gasteiger partial charge in [0.2, 0.25) is 0 Å². The van der Waals surface area contributed by atoms with Crippen molar-refractivity contribution in [1.29, 1.82) is 0 Å². The van der Waals surface area contributed by atoms with Gasteiger partial charge >= 0.3 is 5.97 Å². The molecule has 1 aromatic rings. The smallest absolute Gasteiger partial charge is 0.335 e. The second-order valence-corrected chi connectivity index (χ2v) is 3.35. The largest absolute Gasteiger partial charge is 0.478 e. The van der Waals surface area contributed by atoms with E-state index in [0.29, 0.717) is 5.56 Å². The highest BCUT2D eigenvalue weighted by Crippen LogP contribution is 2.13. The lowest BCUT2D eigenvalue weighted by atomic mass is 10.1. The summed E-state index contributed by atoms with van der Waals surface area (Å²) in [5, 5.41) is 8.73. The monoisotopic (exact) mass is 276 g/mol. The predicted octanol–water partition coefficient (Wildman–Crippen LogP) is 2.63. The highest BCUT2D eigenvalue weighted by atomic mass is 127. The summed E-state index contributed by atoms with van der Waals surface area (Å²) in [5.74, 6) is -0.854. The normalized spacial score (nSPS) is 9.83. The average molecular weight is 276 g/mol. The molecule has 2 nitrogen and oxygen atoms in total. The molecule has 0 heterocycles. The number of carbonyl (C=O) groups is 1. The second kappa shape index (κ2) is 3.89. The van der Waals surface area contributed by atoms with Crippen LogP contribution in [0.15, 0.2) is 18.2 Å². The van der Waals surface area contributed by atoms with Crippen LogP contribution in [0.25, 0.3) is 0 Å². The van der Waals surface area contributed by atoms with E-state index < -0.39 is 5.97 Å². The van der Waals surface area contributed by atoms with Gasteiger partial charge in [-0.3, -0.25) is 0 Å². The van der Waals surface area contributed by atoms with Crippen molar-refractivity contribution in [2.75, 3.05) is 0 Å². The quantitative estimate of drug-likeness (QED) is 0.666. The minimum absolute atomic E-state index is 0.392. The van der Waals surface area contributed by atoms with Gasteiger partial charge in [0, 0.05) is 4.43 Å². The Bertz CT molecular complexity index is 307. The molecule has 0 unspecified atom stereocenters. The van der Waals surface area contributed by atoms with Gasteiger partial charge in [-0.15, -0.1) is 0 Å². The van der Waals surface area contributed by atoms with Gasteiger partial charge in [-0.1, -0.05) is 34.7 Å². The molecule has 0 fully saturated rings. The summed E-state index contributed by atoms with van der Waals surface area (Å²) < 4.78 is 0.915. The van der Waals surface area contributed by atoms with E-state index in [1.165, 1.54) is 0 Å². The summed E-state index contributed by atoms with van der Waals surface area (Å²) in [7, 11) is 0. The molecule has 1 N–H and O–H groups in total. The minimum Gasteiger partial charge on any atom is -0.478 e. The number of halogens is 1. The van der Waals surface area contributed by atoms with Gasteiger partial charge < -0.3 is 5.11 Å². The van der Waals surface area contributed by atoms with E-state index in [4.69, 9.17) is 5.11 Å². The number of hydrogen-bond donors (Lipinski definition) is 1. The van der Waals surface area contributed by atoms with Crippen molar-refractivity contribution < 1.29 is 9.90 Å². The number of carboxylic acid groups (broad SMARTS) is 1. The van der Waals surface area contributed by atoms with Crippen molar-refractivity contribution in [3.8, 4) is 0 Å². The molecule has 0 aliphatic rings. The Kier molecular flexibility index (Phi) is 3.08. The fourth-order valence-corrected chi connectivity index (χ4v) is 1.52. The maximum atomic E-state index is 10.6. The first-order valence-corrected chi connectivity index (χ1v) is 5.06. The third-order valence-corrected chi connectivity index (χ3v) is 2.56. The number of rotatable bonds is 2. The number of benzene rings is 1. The number of aromatic carboxylic acids is 1. The Balaban J connectivity index is 3.12. The molecule has 0 atom stereocenters. The second-order valence-electron chi connectivity index (χ2n) is 2.59. The van der Waals surface area contributed by atoms with Crippen LogP contribution < -0.4 is 0 Å². The molecule has 1 rings (SSSR count). The molecular formula is C9H9IO2. The molecule has 64 valence electrons. The first kappa shape index (κ1) is 9.51. The van der Waals surface area contributed by atoms with E-state index in [2.05, 4.69) is 22.6 Å². The van der Waals surface area contributed by atoms with Crippen LogP contribution in [0.5, 0.6) is 0 Å². The van der Waals surface area contributed by atoms with Crippen molar-refractivity contribution in [1.82, 2.24) is 0 Å². The van der Waals surface area contributed by atoms with Crippen LogP contribution in [0, 0.1) is 6.92 Å². The number of carboxylic acids is 1. The van der Waals surface area contributed by atoms with Gasteiger partial charge in [-0.2, -0.15) is 0 Å². The molecule has 0 amide bonds. The lowest BCUT2D eigenvalue weighted by Crippen LogP contribution is -1.99. The van der Waals surface area contributed by atoms with E-state index in [9.17, 15) is 4.79 Å². The van der Waals surface area contributed by atoms with Crippen molar-refractivity contribution in [3.05, 3.63) is 34.9 Å². The molecule has 3 heteroatoms. The molecule has 0 aromatic heterocycles. The molecule has 0 radical (unpaired) electrons. The fourth-order valence-electron chi connectivity index (χ4n) is 1.05. The van der Waals surface area contributed by atoms with Crippen LogP contribution in [0.3, 0.4) is 0 Å². The van der Waals surface area contributed by atoms with Crippen LogP contribution >= 0.6 is 22.6 Å². The lowest BCUT2D eigenvalue weighted by molar-refractivity contribution is 0.0696. The third-order valence-electron chi connectivity index (χ3n) is 1.68. The standard InChI is InChI=1S/C9H9IO2/c1-6-4-7(5-10)2-3-8(6)9(11)12/h2-4H,5H2,1H3,(H,11,12). The van der Waals surface area contributed by atoms with Crippen LogP contribution in [0.2, 0.25) is 0 Å². The number of aryl methyl sites for hydroxylation is 1. The summed E-state index contributed by atoms with van der Waals surface area (Å²) in [6, 6.07) is 5.42. The van der Waals surface area contributed by atoms with Gasteiger partial charge in [0.05, 0.1) is 5.56 Å². The Morgan fingerprint density at radius 1 is 1.58 bits per heavy atom. The van der Waals surface area contributed by atoms with Crippen molar-refractivity contribution in [2.24, 2.45) is 0 Å². The molecule has 1 aromatic carbocycles. The van der Waals surface area contributed by atoms with E-state index in [1.54, 1.807) is 6.07 Å². The third kappa shape index (κ3) is 1.97. The molecule has 0 spiro atoms. The zero-order valence-corrected chi connectivity index (χ0v) is 8.83. The summed E-state index contributed by atoms with van der Waals surface area (Å²) in [5.41, 5.74) is 2.39. The molecule has 0 bridgehead atoms. The molecule has 0 aliphatic heterocycles. The first-order valence-electron chi connectivity index (χ1n) is 3.54. The maximum Gasteiger partial charge on any atom is 0.335 e. The summed E-state index contributed by atoms with van der Waals surface area (Å²) in [6.45, 7) is 1.82. The lowest BCUT2D eigenvalue weighted by Gasteiger charge is -2.01. The predicted molar refractivity (Wildman–Crippen MR) is 55.9 cm³/mol. The highest BCUT2D eigenvalue weighted by molar-refractivity contribution is 14.1. The van der Waals surface area contributed by atoms with Crippen molar-refractivity contribution >= 4 is 28.6 Å². The first-order chi connectivity index (χ1) is 5.65. The van der Waals surface area contributed by atoms with Gasteiger partial charge in [0.15, 0.2) is 0 Å². The molecule has 0 saturated heterocycles. The zero-order chi connectivity index (χ0) is 9.14. The van der Waals surface area contributed by atoms with Gasteiger partial charge in [0.25, 0.3) is 0 Å². The Hall–Kier alpha value is -0.580. The fraction of sp³-hybridized carbons (Fsp3) is 0.222. The number of alkyl halides is 1.